The highest BCUT2D eigenvalue weighted by molar-refractivity contribution is 5.69. The van der Waals surface area contributed by atoms with Crippen molar-refractivity contribution in [2.45, 2.75) is 89.2 Å². The van der Waals surface area contributed by atoms with Crippen LogP contribution in [0.25, 0.3) is 0 Å². The molecule has 2 aliphatic carbocycles. The smallest absolute Gasteiger partial charge is 0.457 e. The summed E-state index contributed by atoms with van der Waals surface area (Å²) in [5.41, 5.74) is 3.67. The molecule has 1 aliphatic heterocycles. The second-order valence-electron chi connectivity index (χ2n) is 11.1. The fourth-order valence-corrected chi connectivity index (χ4v) is 6.97. The van der Waals surface area contributed by atoms with Crippen molar-refractivity contribution >= 4 is 12.2 Å². The van der Waals surface area contributed by atoms with Gasteiger partial charge in [0.15, 0.2) is 0 Å². The van der Waals surface area contributed by atoms with Crippen molar-refractivity contribution in [3.05, 3.63) is 65.2 Å². The lowest BCUT2D eigenvalue weighted by molar-refractivity contribution is -0.0144. The Morgan fingerprint density at radius 2 is 1.85 bits per heavy atom. The zero-order chi connectivity index (χ0) is 27.1. The Labute approximate surface area is 231 Å². The topological polar surface area (TPSA) is 74.3 Å². The van der Waals surface area contributed by atoms with E-state index in [0.29, 0.717) is 31.4 Å². The molecule has 1 heterocycles. The van der Waals surface area contributed by atoms with Gasteiger partial charge in [-0.25, -0.2) is 9.59 Å². The summed E-state index contributed by atoms with van der Waals surface area (Å²) in [4.78, 5) is 27.1. The molecule has 0 unspecified atom stereocenters. The maximum atomic E-state index is 13.2. The van der Waals surface area contributed by atoms with Crippen molar-refractivity contribution in [1.29, 1.82) is 0 Å². The molecular weight excluding hydrogens is 494 g/mol. The number of ether oxygens (including phenoxy) is 4. The van der Waals surface area contributed by atoms with E-state index >= 15 is 0 Å². The number of carbonyl (C=O) groups excluding carboxylic acids is 2. The SMILES string of the molecule is CCCCCCOC(=O)OCOc1ccc2c(c1)[C@]13CCCC[C@@H]1[C@H](C2)N(C(=O)OCc1ccccc1)CC3. The quantitative estimate of drug-likeness (QED) is 0.183. The molecule has 7 nitrogen and oxygen atoms in total. The van der Waals surface area contributed by atoms with Crippen LogP contribution < -0.4 is 4.74 Å². The van der Waals surface area contributed by atoms with Crippen molar-refractivity contribution in [1.82, 2.24) is 4.90 Å². The van der Waals surface area contributed by atoms with Gasteiger partial charge in [-0.1, -0.05) is 75.4 Å². The molecule has 0 radical (unpaired) electrons. The lowest BCUT2D eigenvalue weighted by atomic mass is 9.52. The fraction of sp³-hybridized carbons (Fsp3) is 0.562. The van der Waals surface area contributed by atoms with Gasteiger partial charge in [-0.2, -0.15) is 0 Å². The van der Waals surface area contributed by atoms with Gasteiger partial charge < -0.3 is 23.8 Å². The van der Waals surface area contributed by atoms with Crippen LogP contribution >= 0.6 is 0 Å². The lowest BCUT2D eigenvalue weighted by Crippen LogP contribution is -2.62. The van der Waals surface area contributed by atoms with Crippen LogP contribution in [0.5, 0.6) is 5.75 Å². The second-order valence-corrected chi connectivity index (χ2v) is 11.1. The van der Waals surface area contributed by atoms with Crippen molar-refractivity contribution < 1.29 is 28.5 Å². The Hall–Kier alpha value is -3.22. The Balaban J connectivity index is 1.22. The minimum atomic E-state index is -0.690. The number of carbonyl (C=O) groups is 2. The van der Waals surface area contributed by atoms with Gasteiger partial charge in [-0.15, -0.1) is 0 Å². The summed E-state index contributed by atoms with van der Waals surface area (Å²) < 4.78 is 21.9. The van der Waals surface area contributed by atoms with E-state index in [1.807, 2.05) is 41.3 Å². The van der Waals surface area contributed by atoms with Crippen LogP contribution in [-0.4, -0.2) is 43.1 Å². The van der Waals surface area contributed by atoms with E-state index in [2.05, 4.69) is 19.1 Å². The van der Waals surface area contributed by atoms with Gasteiger partial charge in [0, 0.05) is 18.0 Å². The molecule has 2 bridgehead atoms. The van der Waals surface area contributed by atoms with Gasteiger partial charge >= 0.3 is 12.2 Å². The molecule has 1 saturated carbocycles. The maximum Gasteiger partial charge on any atom is 0.511 e. The number of piperidine rings is 1. The third-order valence-corrected chi connectivity index (χ3v) is 8.87. The predicted octanol–water partition coefficient (Wildman–Crippen LogP) is 7.15. The zero-order valence-electron chi connectivity index (χ0n) is 23.1. The van der Waals surface area contributed by atoms with Crippen molar-refractivity contribution in [3.8, 4) is 5.75 Å². The number of amides is 1. The lowest BCUT2D eigenvalue weighted by Gasteiger charge is -2.58. The number of unbranched alkanes of at least 4 members (excludes halogenated alkanes) is 3. The van der Waals surface area contributed by atoms with E-state index in [4.69, 9.17) is 18.9 Å². The van der Waals surface area contributed by atoms with Crippen molar-refractivity contribution in [2.24, 2.45) is 5.92 Å². The Kier molecular flexibility index (Phi) is 8.95. The average Bonchev–Trinajstić information content (AvgIpc) is 2.96. The average molecular weight is 536 g/mol. The van der Waals surface area contributed by atoms with Crippen molar-refractivity contribution in [3.63, 3.8) is 0 Å². The van der Waals surface area contributed by atoms with Crippen LogP contribution in [-0.2, 0) is 32.7 Å². The molecule has 3 atom stereocenters. The van der Waals surface area contributed by atoms with E-state index < -0.39 is 6.16 Å². The van der Waals surface area contributed by atoms with Crippen LogP contribution in [0, 0.1) is 5.92 Å². The summed E-state index contributed by atoms with van der Waals surface area (Å²) in [7, 11) is 0. The van der Waals surface area contributed by atoms with Crippen LogP contribution in [0.4, 0.5) is 9.59 Å². The van der Waals surface area contributed by atoms with Gasteiger partial charge in [-0.05, 0) is 66.8 Å². The van der Waals surface area contributed by atoms with Gasteiger partial charge in [0.25, 0.3) is 0 Å². The van der Waals surface area contributed by atoms with E-state index in [-0.39, 0.29) is 24.3 Å². The van der Waals surface area contributed by atoms with E-state index in [1.165, 1.54) is 24.0 Å². The molecule has 0 N–H and O–H groups in total. The minimum absolute atomic E-state index is 0.0460. The molecule has 3 aliphatic rings. The molecule has 0 spiro atoms. The zero-order valence-corrected chi connectivity index (χ0v) is 23.1. The Morgan fingerprint density at radius 1 is 0.974 bits per heavy atom. The summed E-state index contributed by atoms with van der Waals surface area (Å²) >= 11 is 0. The first-order valence-corrected chi connectivity index (χ1v) is 14.6. The van der Waals surface area contributed by atoms with E-state index in [1.54, 1.807) is 0 Å². The van der Waals surface area contributed by atoms with Crippen LogP contribution in [0.15, 0.2) is 48.5 Å². The number of hydrogen-bond donors (Lipinski definition) is 0. The Bertz CT molecular complexity index is 1120. The summed E-state index contributed by atoms with van der Waals surface area (Å²) in [5.74, 6) is 1.11. The fourth-order valence-electron chi connectivity index (χ4n) is 6.97. The summed E-state index contributed by atoms with van der Waals surface area (Å²) in [5, 5.41) is 0. The second kappa shape index (κ2) is 12.8. The molecule has 5 rings (SSSR count). The minimum Gasteiger partial charge on any atom is -0.457 e. The molecule has 1 saturated heterocycles. The monoisotopic (exact) mass is 535 g/mol. The van der Waals surface area contributed by atoms with Crippen LogP contribution in [0.2, 0.25) is 0 Å². The van der Waals surface area contributed by atoms with Gasteiger partial charge in [0.2, 0.25) is 6.79 Å². The molecule has 2 aromatic rings. The first-order chi connectivity index (χ1) is 19.1. The van der Waals surface area contributed by atoms with E-state index in [0.717, 1.165) is 56.9 Å². The molecule has 7 heteroatoms. The van der Waals surface area contributed by atoms with E-state index in [9.17, 15) is 9.59 Å². The number of benzene rings is 2. The Morgan fingerprint density at radius 3 is 2.69 bits per heavy atom. The first kappa shape index (κ1) is 27.4. The molecule has 39 heavy (non-hydrogen) atoms. The maximum absolute atomic E-state index is 13.2. The molecule has 210 valence electrons. The van der Waals surface area contributed by atoms with Crippen molar-refractivity contribution in [2.75, 3.05) is 19.9 Å². The van der Waals surface area contributed by atoms with Gasteiger partial charge in [-0.3, -0.25) is 0 Å². The molecule has 2 aromatic carbocycles. The highest BCUT2D eigenvalue weighted by atomic mass is 16.8. The number of nitrogens with zero attached hydrogens (tertiary/aromatic N) is 1. The molecular formula is C32H41NO6. The first-order valence-electron chi connectivity index (χ1n) is 14.6. The highest BCUT2D eigenvalue weighted by Crippen LogP contribution is 2.56. The summed E-state index contributed by atoms with van der Waals surface area (Å²) in [6.07, 6.45) is 9.64. The third-order valence-electron chi connectivity index (χ3n) is 8.87. The predicted molar refractivity (Wildman–Crippen MR) is 148 cm³/mol. The third kappa shape index (κ3) is 6.18. The molecule has 0 aromatic heterocycles. The largest absolute Gasteiger partial charge is 0.511 e. The van der Waals surface area contributed by atoms with Gasteiger partial charge in [0.05, 0.1) is 6.61 Å². The number of fused-ring (bicyclic) bond motifs is 1. The normalized spacial score (nSPS) is 23.3. The summed E-state index contributed by atoms with van der Waals surface area (Å²) in [6.45, 7) is 3.34. The van der Waals surface area contributed by atoms with Crippen LogP contribution in [0.3, 0.4) is 0 Å². The number of rotatable bonds is 10. The highest BCUT2D eigenvalue weighted by Gasteiger charge is 2.55. The number of hydrogen-bond acceptors (Lipinski definition) is 6. The van der Waals surface area contributed by atoms with Gasteiger partial charge in [0.1, 0.15) is 12.4 Å². The standard InChI is InChI=1S/C32H41NO6/c1-2-3-4-10-19-36-31(35)39-23-38-26-15-14-25-20-29-27-13-8-9-16-32(27,28(25)21-26)17-18-33(29)30(34)37-22-24-11-6-5-7-12-24/h5-7,11-12,14-15,21,27,29H,2-4,8-10,13,16-20,22-23H2,1H3/t27-,29+,32+/m1/s1. The number of likely N-dealkylation sites (tertiary alicyclic amines) is 1. The molecule has 2 fully saturated rings. The molecule has 1 amide bonds. The van der Waals surface area contributed by atoms with Crippen LogP contribution in [0.1, 0.15) is 81.4 Å². The summed E-state index contributed by atoms with van der Waals surface area (Å²) in [6, 6.07) is 16.2.